The average Bonchev–Trinajstić information content (AvgIpc) is 2.69. The van der Waals surface area contributed by atoms with Crippen LogP contribution in [0.3, 0.4) is 0 Å². The third-order valence-electron chi connectivity index (χ3n) is 4.46. The van der Waals surface area contributed by atoms with Crippen LogP contribution in [0.2, 0.25) is 0 Å². The molecular formula is C19H21BrN2O4S. The topological polar surface area (TPSA) is 75.7 Å². The highest BCUT2D eigenvalue weighted by Crippen LogP contribution is 2.25. The molecular weight excluding hydrogens is 432 g/mol. The van der Waals surface area contributed by atoms with Gasteiger partial charge in [-0.05, 0) is 42.7 Å². The smallest absolute Gasteiger partial charge is 0.247 e. The number of amides is 1. The van der Waals surface area contributed by atoms with Gasteiger partial charge in [0.25, 0.3) is 0 Å². The van der Waals surface area contributed by atoms with Crippen molar-refractivity contribution >= 4 is 31.9 Å². The molecule has 27 heavy (non-hydrogen) atoms. The van der Waals surface area contributed by atoms with Crippen LogP contribution in [0, 0.1) is 5.92 Å². The lowest BCUT2D eigenvalue weighted by Gasteiger charge is -2.31. The van der Waals surface area contributed by atoms with Crippen molar-refractivity contribution in [1.82, 2.24) is 9.79 Å². The molecule has 1 saturated heterocycles. The number of sulfonamides is 1. The van der Waals surface area contributed by atoms with Crippen LogP contribution in [0.1, 0.15) is 18.4 Å². The normalized spacial score (nSPS) is 18.2. The van der Waals surface area contributed by atoms with Crippen LogP contribution in [-0.4, -0.2) is 31.7 Å². The van der Waals surface area contributed by atoms with Gasteiger partial charge in [-0.2, -0.15) is 4.31 Å². The van der Waals surface area contributed by atoms with Gasteiger partial charge in [0.1, 0.15) is 0 Å². The number of carbonyl (C=O) groups excluding carboxylic acids is 1. The van der Waals surface area contributed by atoms with Crippen LogP contribution < -0.4 is 5.48 Å². The van der Waals surface area contributed by atoms with Crippen molar-refractivity contribution < 1.29 is 18.0 Å². The molecule has 0 aromatic heterocycles. The first kappa shape index (κ1) is 20.0. The van der Waals surface area contributed by atoms with Crippen molar-refractivity contribution in [2.45, 2.75) is 24.3 Å². The summed E-state index contributed by atoms with van der Waals surface area (Å²) in [6, 6.07) is 16.0. The fourth-order valence-electron chi connectivity index (χ4n) is 2.98. The van der Waals surface area contributed by atoms with Crippen molar-refractivity contribution in [3.63, 3.8) is 0 Å². The summed E-state index contributed by atoms with van der Waals surface area (Å²) in [4.78, 5) is 17.9. The Kier molecular flexibility index (Phi) is 6.64. The second-order valence-corrected chi connectivity index (χ2v) is 9.25. The summed E-state index contributed by atoms with van der Waals surface area (Å²) in [6.07, 6.45) is 1.26. The Labute approximate surface area is 167 Å². The molecule has 1 aliphatic rings. The average molecular weight is 453 g/mol. The molecule has 2 aromatic rings. The van der Waals surface area contributed by atoms with E-state index in [1.807, 2.05) is 30.3 Å². The first-order valence-electron chi connectivity index (χ1n) is 8.68. The number of hydroxylamine groups is 1. The first-order chi connectivity index (χ1) is 13.0. The van der Waals surface area contributed by atoms with Gasteiger partial charge in [0, 0.05) is 17.6 Å². The second-order valence-electron chi connectivity index (χ2n) is 6.40. The lowest BCUT2D eigenvalue weighted by Crippen LogP contribution is -2.45. The molecule has 0 bridgehead atoms. The maximum Gasteiger partial charge on any atom is 0.247 e. The third-order valence-corrected chi connectivity index (χ3v) is 6.87. The van der Waals surface area contributed by atoms with E-state index in [0.717, 1.165) is 10.0 Å². The third kappa shape index (κ3) is 5.16. The Balaban J connectivity index is 1.58. The highest BCUT2D eigenvalue weighted by atomic mass is 79.9. The summed E-state index contributed by atoms with van der Waals surface area (Å²) < 4.78 is 27.8. The van der Waals surface area contributed by atoms with E-state index in [1.165, 1.54) is 4.31 Å². The maximum absolute atomic E-state index is 12.8. The summed E-state index contributed by atoms with van der Waals surface area (Å²) in [5, 5.41) is 0. The highest BCUT2D eigenvalue weighted by Gasteiger charge is 2.33. The van der Waals surface area contributed by atoms with Gasteiger partial charge in [0.05, 0.1) is 17.4 Å². The van der Waals surface area contributed by atoms with E-state index in [1.54, 1.807) is 24.3 Å². The minimum Gasteiger partial charge on any atom is -0.272 e. The fourth-order valence-corrected chi connectivity index (χ4v) is 4.77. The van der Waals surface area contributed by atoms with E-state index >= 15 is 0 Å². The largest absolute Gasteiger partial charge is 0.272 e. The highest BCUT2D eigenvalue weighted by molar-refractivity contribution is 9.10. The van der Waals surface area contributed by atoms with Gasteiger partial charge >= 0.3 is 0 Å². The van der Waals surface area contributed by atoms with Crippen LogP contribution in [0.25, 0.3) is 0 Å². The van der Waals surface area contributed by atoms with Gasteiger partial charge < -0.3 is 0 Å². The van der Waals surface area contributed by atoms with E-state index in [2.05, 4.69) is 21.4 Å². The van der Waals surface area contributed by atoms with Gasteiger partial charge in [-0.1, -0.05) is 46.3 Å². The number of nitrogens with one attached hydrogen (secondary N) is 1. The van der Waals surface area contributed by atoms with Gasteiger partial charge in [-0.25, -0.2) is 13.9 Å². The summed E-state index contributed by atoms with van der Waals surface area (Å²) in [5.41, 5.74) is 3.40. The van der Waals surface area contributed by atoms with Crippen LogP contribution in [0.4, 0.5) is 0 Å². The molecule has 0 spiro atoms. The molecule has 1 fully saturated rings. The summed E-state index contributed by atoms with van der Waals surface area (Å²) in [5.74, 6) is -0.721. The van der Waals surface area contributed by atoms with Crippen molar-refractivity contribution in [3.05, 3.63) is 64.6 Å². The molecule has 0 saturated carbocycles. The van der Waals surface area contributed by atoms with Crippen molar-refractivity contribution in [1.29, 1.82) is 0 Å². The van der Waals surface area contributed by atoms with Gasteiger partial charge in [-0.3, -0.25) is 9.63 Å². The van der Waals surface area contributed by atoms with Crippen LogP contribution >= 0.6 is 15.9 Å². The quantitative estimate of drug-likeness (QED) is 0.683. The zero-order chi connectivity index (χ0) is 19.3. The Hall–Kier alpha value is -1.74. The number of nitrogens with zero attached hydrogens (tertiary/aromatic N) is 1. The Morgan fingerprint density at radius 3 is 2.56 bits per heavy atom. The van der Waals surface area contributed by atoms with Crippen molar-refractivity contribution in [2.75, 3.05) is 13.1 Å². The van der Waals surface area contributed by atoms with E-state index in [-0.39, 0.29) is 24.0 Å². The summed E-state index contributed by atoms with van der Waals surface area (Å²) in [7, 11) is -3.62. The first-order valence-corrected chi connectivity index (χ1v) is 10.9. The molecule has 1 amide bonds. The molecule has 1 atom stereocenters. The molecule has 1 unspecified atom stereocenters. The molecule has 6 nitrogen and oxygen atoms in total. The number of piperidine rings is 1. The van der Waals surface area contributed by atoms with E-state index in [0.29, 0.717) is 19.4 Å². The zero-order valence-corrected chi connectivity index (χ0v) is 17.1. The summed E-state index contributed by atoms with van der Waals surface area (Å²) in [6.45, 7) is 0.826. The molecule has 1 N–H and O–H groups in total. The minimum atomic E-state index is -3.62. The SMILES string of the molecule is O=C(NOCc1ccccc1)C1CCCN(S(=O)(=O)c2ccc(Br)cc2)C1. The van der Waals surface area contributed by atoms with Crippen molar-refractivity contribution in [3.8, 4) is 0 Å². The van der Waals surface area contributed by atoms with Crippen LogP contribution in [0.5, 0.6) is 0 Å². The number of hydrogen-bond acceptors (Lipinski definition) is 4. The molecule has 3 rings (SSSR count). The second kappa shape index (κ2) is 8.97. The molecule has 1 aliphatic heterocycles. The number of halogens is 1. The molecule has 8 heteroatoms. The van der Waals surface area contributed by atoms with E-state index in [4.69, 9.17) is 4.84 Å². The predicted octanol–water partition coefficient (Wildman–Crippen LogP) is 3.10. The summed E-state index contributed by atoms with van der Waals surface area (Å²) >= 11 is 3.30. The predicted molar refractivity (Wildman–Crippen MR) is 105 cm³/mol. The molecule has 144 valence electrons. The lowest BCUT2D eigenvalue weighted by atomic mass is 9.99. The van der Waals surface area contributed by atoms with Crippen LogP contribution in [-0.2, 0) is 26.3 Å². The lowest BCUT2D eigenvalue weighted by molar-refractivity contribution is -0.140. The minimum absolute atomic E-state index is 0.152. The Morgan fingerprint density at radius 2 is 1.85 bits per heavy atom. The van der Waals surface area contributed by atoms with Gasteiger partial charge in [-0.15, -0.1) is 0 Å². The van der Waals surface area contributed by atoms with E-state index < -0.39 is 15.9 Å². The number of rotatable bonds is 6. The van der Waals surface area contributed by atoms with Crippen LogP contribution in [0.15, 0.2) is 64.0 Å². The number of hydrogen-bond donors (Lipinski definition) is 1. The van der Waals surface area contributed by atoms with Crippen molar-refractivity contribution in [2.24, 2.45) is 5.92 Å². The monoisotopic (exact) mass is 452 g/mol. The molecule has 0 radical (unpaired) electrons. The molecule has 0 aliphatic carbocycles. The van der Waals surface area contributed by atoms with Gasteiger partial charge in [0.2, 0.25) is 15.9 Å². The van der Waals surface area contributed by atoms with Gasteiger partial charge in [0.15, 0.2) is 0 Å². The zero-order valence-electron chi connectivity index (χ0n) is 14.7. The standard InChI is InChI=1S/C19H21BrN2O4S/c20-17-8-10-18(11-9-17)27(24,25)22-12-4-7-16(13-22)19(23)21-26-14-15-5-2-1-3-6-15/h1-3,5-6,8-11,16H,4,7,12-14H2,(H,21,23). The Bertz CT molecular complexity index is 872. The molecule has 1 heterocycles. The number of carbonyl (C=O) groups is 1. The van der Waals surface area contributed by atoms with E-state index in [9.17, 15) is 13.2 Å². The Morgan fingerprint density at radius 1 is 1.15 bits per heavy atom. The number of benzene rings is 2. The fraction of sp³-hybridized carbons (Fsp3) is 0.316. The maximum atomic E-state index is 12.8. The molecule has 2 aromatic carbocycles.